The lowest BCUT2D eigenvalue weighted by Gasteiger charge is -2.13. The predicted octanol–water partition coefficient (Wildman–Crippen LogP) is 3.57. The number of benzene rings is 1. The maximum atomic E-state index is 5.77. The normalized spacial score (nSPS) is 10.9. The number of nitrogens with zero attached hydrogens (tertiary/aromatic N) is 1. The third-order valence-electron chi connectivity index (χ3n) is 2.89. The van der Waals surface area contributed by atoms with E-state index in [0.29, 0.717) is 12.5 Å². The summed E-state index contributed by atoms with van der Waals surface area (Å²) >= 11 is 1.64. The highest BCUT2D eigenvalue weighted by Gasteiger charge is 2.10. The lowest BCUT2D eigenvalue weighted by atomic mass is 10.2. The molecule has 0 saturated carbocycles. The van der Waals surface area contributed by atoms with E-state index in [4.69, 9.17) is 9.47 Å². The van der Waals surface area contributed by atoms with Gasteiger partial charge in [0.2, 0.25) is 0 Å². The molecule has 1 aromatic heterocycles. The molecule has 0 radical (unpaired) electrons. The Hall–Kier alpha value is -1.59. The molecule has 0 bridgehead atoms. The van der Waals surface area contributed by atoms with Crippen molar-refractivity contribution < 1.29 is 9.47 Å². The Labute approximate surface area is 130 Å². The zero-order chi connectivity index (χ0) is 15.2. The number of ether oxygens (including phenoxy) is 2. The molecule has 1 N–H and O–H groups in total. The molecule has 0 aliphatic carbocycles. The number of aromatic nitrogens is 1. The molecule has 1 heterocycles. The van der Waals surface area contributed by atoms with Crippen LogP contribution in [0.4, 0.5) is 0 Å². The van der Waals surface area contributed by atoms with E-state index in [0.717, 1.165) is 34.3 Å². The molecule has 0 spiro atoms. The van der Waals surface area contributed by atoms with Crippen LogP contribution in [0.25, 0.3) is 10.6 Å². The fourth-order valence-corrected chi connectivity index (χ4v) is 2.69. The molecule has 21 heavy (non-hydrogen) atoms. The van der Waals surface area contributed by atoms with E-state index in [-0.39, 0.29) is 0 Å². The van der Waals surface area contributed by atoms with Crippen molar-refractivity contribution in [1.29, 1.82) is 0 Å². The van der Waals surface area contributed by atoms with Crippen molar-refractivity contribution in [3.63, 3.8) is 0 Å². The number of methoxy groups -OCH3 is 1. The molecule has 0 amide bonds. The molecule has 0 saturated heterocycles. The first-order valence-corrected chi connectivity index (χ1v) is 7.92. The molecule has 0 aliphatic heterocycles. The Morgan fingerprint density at radius 3 is 2.76 bits per heavy atom. The molecule has 4 nitrogen and oxygen atoms in total. The Balaban J connectivity index is 2.20. The molecule has 0 unspecified atom stereocenters. The Morgan fingerprint density at radius 1 is 1.29 bits per heavy atom. The van der Waals surface area contributed by atoms with Crippen LogP contribution in [0.2, 0.25) is 0 Å². The summed E-state index contributed by atoms with van der Waals surface area (Å²) in [6.45, 7) is 5.71. The lowest BCUT2D eigenvalue weighted by molar-refractivity contribution is 0.257. The Morgan fingerprint density at radius 2 is 2.10 bits per heavy atom. The van der Waals surface area contributed by atoms with Crippen LogP contribution in [0, 0.1) is 5.92 Å². The van der Waals surface area contributed by atoms with Crippen LogP contribution in [0.5, 0.6) is 11.5 Å². The van der Waals surface area contributed by atoms with Gasteiger partial charge in [-0.1, -0.05) is 13.8 Å². The third-order valence-corrected chi connectivity index (χ3v) is 3.83. The topological polar surface area (TPSA) is 43.4 Å². The van der Waals surface area contributed by atoms with Gasteiger partial charge in [-0.2, -0.15) is 0 Å². The summed E-state index contributed by atoms with van der Waals surface area (Å²) < 4.78 is 11.2. The first kappa shape index (κ1) is 15.8. The second-order valence-corrected chi connectivity index (χ2v) is 6.10. The van der Waals surface area contributed by atoms with Crippen LogP contribution in [0.15, 0.2) is 23.6 Å². The Kier molecular flexibility index (Phi) is 5.59. The lowest BCUT2D eigenvalue weighted by Crippen LogP contribution is -2.05. The molecule has 0 aliphatic rings. The van der Waals surface area contributed by atoms with E-state index in [1.54, 1.807) is 18.4 Å². The van der Waals surface area contributed by atoms with Gasteiger partial charge in [-0.25, -0.2) is 4.98 Å². The summed E-state index contributed by atoms with van der Waals surface area (Å²) in [5.74, 6) is 2.01. The van der Waals surface area contributed by atoms with Crippen LogP contribution in [0.3, 0.4) is 0 Å². The molecule has 2 rings (SSSR count). The summed E-state index contributed by atoms with van der Waals surface area (Å²) in [5.41, 5.74) is 2.10. The number of nitrogens with one attached hydrogen (secondary N) is 1. The number of hydrogen-bond donors (Lipinski definition) is 1. The summed E-state index contributed by atoms with van der Waals surface area (Å²) in [7, 11) is 3.58. The van der Waals surface area contributed by atoms with Crippen molar-refractivity contribution in [2.24, 2.45) is 5.92 Å². The molecule has 5 heteroatoms. The first-order chi connectivity index (χ1) is 10.1. The summed E-state index contributed by atoms with van der Waals surface area (Å²) in [6.07, 6.45) is 0. The molecule has 114 valence electrons. The standard InChI is InChI=1S/C16H22N2O2S/c1-11(2)9-20-14-6-5-12(7-15(14)19-4)16-18-13(8-17-3)10-21-16/h5-7,10-11,17H,8-9H2,1-4H3. The van der Waals surface area contributed by atoms with Crippen molar-refractivity contribution in [3.8, 4) is 22.1 Å². The van der Waals surface area contributed by atoms with Gasteiger partial charge in [-0.3, -0.25) is 0 Å². The molecule has 1 aromatic carbocycles. The van der Waals surface area contributed by atoms with E-state index in [1.807, 2.05) is 25.2 Å². The average molecular weight is 306 g/mol. The smallest absolute Gasteiger partial charge is 0.161 e. The van der Waals surface area contributed by atoms with Gasteiger partial charge in [-0.15, -0.1) is 11.3 Å². The van der Waals surface area contributed by atoms with Crippen molar-refractivity contribution in [2.45, 2.75) is 20.4 Å². The molecular weight excluding hydrogens is 284 g/mol. The van der Waals surface area contributed by atoms with Crippen molar-refractivity contribution >= 4 is 11.3 Å². The number of hydrogen-bond acceptors (Lipinski definition) is 5. The van der Waals surface area contributed by atoms with Gasteiger partial charge in [0.05, 0.1) is 19.4 Å². The minimum absolute atomic E-state index is 0.484. The SMILES string of the molecule is CNCc1csc(-c2ccc(OCC(C)C)c(OC)c2)n1. The third kappa shape index (κ3) is 4.19. The van der Waals surface area contributed by atoms with Gasteiger partial charge in [0.15, 0.2) is 11.5 Å². The van der Waals surface area contributed by atoms with E-state index < -0.39 is 0 Å². The fourth-order valence-electron chi connectivity index (χ4n) is 1.88. The van der Waals surface area contributed by atoms with Crippen molar-refractivity contribution in [3.05, 3.63) is 29.3 Å². The van der Waals surface area contributed by atoms with Gasteiger partial charge >= 0.3 is 0 Å². The first-order valence-electron chi connectivity index (χ1n) is 7.04. The predicted molar refractivity (Wildman–Crippen MR) is 87.2 cm³/mol. The summed E-state index contributed by atoms with van der Waals surface area (Å²) in [6, 6.07) is 5.97. The van der Waals surface area contributed by atoms with E-state index in [9.17, 15) is 0 Å². The molecular formula is C16H22N2O2S. The second kappa shape index (κ2) is 7.43. The zero-order valence-corrected chi connectivity index (χ0v) is 13.8. The maximum absolute atomic E-state index is 5.77. The van der Waals surface area contributed by atoms with Gasteiger partial charge in [0.25, 0.3) is 0 Å². The highest BCUT2D eigenvalue weighted by Crippen LogP contribution is 2.34. The van der Waals surface area contributed by atoms with Gasteiger partial charge in [-0.05, 0) is 31.2 Å². The van der Waals surface area contributed by atoms with Crippen LogP contribution in [-0.4, -0.2) is 25.7 Å². The molecule has 2 aromatic rings. The van der Waals surface area contributed by atoms with E-state index in [1.165, 1.54) is 0 Å². The largest absolute Gasteiger partial charge is 0.493 e. The monoisotopic (exact) mass is 306 g/mol. The molecule has 0 fully saturated rings. The zero-order valence-electron chi connectivity index (χ0n) is 13.0. The second-order valence-electron chi connectivity index (χ2n) is 5.24. The van der Waals surface area contributed by atoms with Crippen molar-refractivity contribution in [1.82, 2.24) is 10.3 Å². The van der Waals surface area contributed by atoms with E-state index >= 15 is 0 Å². The quantitative estimate of drug-likeness (QED) is 0.849. The summed E-state index contributed by atoms with van der Waals surface area (Å²) in [4.78, 5) is 4.61. The summed E-state index contributed by atoms with van der Waals surface area (Å²) in [5, 5.41) is 6.17. The van der Waals surface area contributed by atoms with Crippen molar-refractivity contribution in [2.75, 3.05) is 20.8 Å². The Bertz CT molecular complexity index is 581. The highest BCUT2D eigenvalue weighted by molar-refractivity contribution is 7.13. The van der Waals surface area contributed by atoms with Gasteiger partial charge in [0.1, 0.15) is 5.01 Å². The average Bonchev–Trinajstić information content (AvgIpc) is 2.94. The number of rotatable bonds is 7. The van der Waals surface area contributed by atoms with Gasteiger partial charge in [0, 0.05) is 17.5 Å². The highest BCUT2D eigenvalue weighted by atomic mass is 32.1. The van der Waals surface area contributed by atoms with E-state index in [2.05, 4.69) is 29.5 Å². The minimum atomic E-state index is 0.484. The van der Waals surface area contributed by atoms with Crippen LogP contribution >= 0.6 is 11.3 Å². The fraction of sp³-hybridized carbons (Fsp3) is 0.438. The minimum Gasteiger partial charge on any atom is -0.493 e. The van der Waals surface area contributed by atoms with Crippen LogP contribution in [0.1, 0.15) is 19.5 Å². The molecule has 0 atom stereocenters. The van der Waals surface area contributed by atoms with Gasteiger partial charge < -0.3 is 14.8 Å². The van der Waals surface area contributed by atoms with Crippen LogP contribution in [-0.2, 0) is 6.54 Å². The maximum Gasteiger partial charge on any atom is 0.161 e. The number of thiazole rings is 1. The van der Waals surface area contributed by atoms with Crippen LogP contribution < -0.4 is 14.8 Å².